The average Bonchev–Trinajstić information content (AvgIpc) is 2.44. The number of phenols is 1. The van der Waals surface area contributed by atoms with Gasteiger partial charge in [0.1, 0.15) is 5.82 Å². The maximum Gasteiger partial charge on any atom is 0.161 e. The third-order valence-corrected chi connectivity index (χ3v) is 4.06. The normalized spacial score (nSPS) is 10.4. The summed E-state index contributed by atoms with van der Waals surface area (Å²) in [6.45, 7) is 4.31. The largest absolute Gasteiger partial charge is 0.504 e. The van der Waals surface area contributed by atoms with Gasteiger partial charge in [0.25, 0.3) is 0 Å². The van der Waals surface area contributed by atoms with Crippen molar-refractivity contribution in [2.24, 2.45) is 0 Å². The van der Waals surface area contributed by atoms with Crippen molar-refractivity contribution in [3.8, 4) is 22.9 Å². The van der Waals surface area contributed by atoms with E-state index in [1.807, 2.05) is 20.9 Å². The van der Waals surface area contributed by atoms with Crippen molar-refractivity contribution in [3.63, 3.8) is 0 Å². The number of phenolic OH excluding ortho intramolecular Hbond substituents is 1. The number of benzene rings is 1. The summed E-state index contributed by atoms with van der Waals surface area (Å²) in [6, 6.07) is 5.12. The van der Waals surface area contributed by atoms with E-state index in [1.165, 1.54) is 0 Å². The first-order valence-corrected chi connectivity index (χ1v) is 7.32. The first-order valence-electron chi connectivity index (χ1n) is 6.24. The smallest absolute Gasteiger partial charge is 0.161 e. The molecule has 20 heavy (non-hydrogen) atoms. The fraction of sp³-hybridized carbons (Fsp3) is 0.286. The van der Waals surface area contributed by atoms with Crippen molar-refractivity contribution in [2.45, 2.75) is 13.8 Å². The summed E-state index contributed by atoms with van der Waals surface area (Å²) in [5, 5.41) is 12.8. The summed E-state index contributed by atoms with van der Waals surface area (Å²) in [5.41, 5.74) is 1.72. The monoisotopic (exact) mass is 385 g/mol. The molecular formula is C14H16IN3O2. The second kappa shape index (κ2) is 6.25. The lowest BCUT2D eigenvalue weighted by atomic mass is 10.2. The number of nitrogens with zero attached hydrogens (tertiary/aromatic N) is 2. The number of hydrogen-bond acceptors (Lipinski definition) is 5. The molecule has 0 spiro atoms. The van der Waals surface area contributed by atoms with Crippen LogP contribution in [0.1, 0.15) is 12.6 Å². The minimum Gasteiger partial charge on any atom is -0.504 e. The van der Waals surface area contributed by atoms with Gasteiger partial charge >= 0.3 is 0 Å². The van der Waals surface area contributed by atoms with E-state index in [2.05, 4.69) is 37.9 Å². The van der Waals surface area contributed by atoms with Gasteiger partial charge in [0.15, 0.2) is 17.3 Å². The maximum atomic E-state index is 9.73. The van der Waals surface area contributed by atoms with E-state index in [0.717, 1.165) is 20.6 Å². The van der Waals surface area contributed by atoms with Gasteiger partial charge in [0, 0.05) is 12.6 Å². The van der Waals surface area contributed by atoms with Crippen LogP contribution in [0.15, 0.2) is 18.2 Å². The van der Waals surface area contributed by atoms with E-state index >= 15 is 0 Å². The maximum absolute atomic E-state index is 9.73. The molecule has 0 radical (unpaired) electrons. The predicted molar refractivity (Wildman–Crippen MR) is 87.3 cm³/mol. The molecular weight excluding hydrogens is 369 g/mol. The molecule has 0 aliphatic heterocycles. The quantitative estimate of drug-likeness (QED) is 0.792. The van der Waals surface area contributed by atoms with E-state index in [0.29, 0.717) is 18.2 Å². The topological polar surface area (TPSA) is 67.3 Å². The molecule has 0 amide bonds. The van der Waals surface area contributed by atoms with Gasteiger partial charge in [0.2, 0.25) is 0 Å². The standard InChI is InChI=1S/C14H16IN3O2/c1-4-20-11-7-9(5-6-10(11)19)13-17-8(2)12(15)14(16-3)18-13/h5-7,19H,4H2,1-3H3,(H,16,17,18). The van der Waals surface area contributed by atoms with E-state index in [4.69, 9.17) is 4.74 Å². The van der Waals surface area contributed by atoms with E-state index < -0.39 is 0 Å². The fourth-order valence-electron chi connectivity index (χ4n) is 1.78. The third-order valence-electron chi connectivity index (χ3n) is 2.77. The first-order chi connectivity index (χ1) is 9.56. The summed E-state index contributed by atoms with van der Waals surface area (Å²) in [4.78, 5) is 8.97. The number of rotatable bonds is 4. The highest BCUT2D eigenvalue weighted by Crippen LogP contribution is 2.31. The molecule has 1 aromatic carbocycles. The number of halogens is 1. The van der Waals surface area contributed by atoms with Gasteiger partial charge in [-0.2, -0.15) is 0 Å². The number of anilines is 1. The van der Waals surface area contributed by atoms with Crippen LogP contribution in [0.5, 0.6) is 11.5 Å². The Morgan fingerprint density at radius 2 is 2.10 bits per heavy atom. The number of ether oxygens (including phenoxy) is 1. The van der Waals surface area contributed by atoms with Crippen LogP contribution in [0.4, 0.5) is 5.82 Å². The van der Waals surface area contributed by atoms with Gasteiger partial charge in [-0.3, -0.25) is 0 Å². The zero-order valence-electron chi connectivity index (χ0n) is 11.6. The zero-order valence-corrected chi connectivity index (χ0v) is 13.7. The molecule has 2 N–H and O–H groups in total. The molecule has 1 aromatic heterocycles. The van der Waals surface area contributed by atoms with Crippen LogP contribution in [0.2, 0.25) is 0 Å². The molecule has 0 atom stereocenters. The second-order valence-corrected chi connectivity index (χ2v) is 5.24. The van der Waals surface area contributed by atoms with Crippen molar-refractivity contribution >= 4 is 28.4 Å². The molecule has 0 saturated heterocycles. The highest BCUT2D eigenvalue weighted by molar-refractivity contribution is 14.1. The van der Waals surface area contributed by atoms with Gasteiger partial charge in [0.05, 0.1) is 15.9 Å². The summed E-state index contributed by atoms with van der Waals surface area (Å²) in [7, 11) is 1.83. The lowest BCUT2D eigenvalue weighted by Crippen LogP contribution is -2.03. The molecule has 2 aromatic rings. The number of aryl methyl sites for hydroxylation is 1. The highest BCUT2D eigenvalue weighted by Gasteiger charge is 2.12. The van der Waals surface area contributed by atoms with Gasteiger partial charge < -0.3 is 15.2 Å². The van der Waals surface area contributed by atoms with Crippen molar-refractivity contribution in [1.82, 2.24) is 9.97 Å². The Morgan fingerprint density at radius 1 is 1.35 bits per heavy atom. The molecule has 0 fully saturated rings. The van der Waals surface area contributed by atoms with Crippen LogP contribution in [0, 0.1) is 10.5 Å². The van der Waals surface area contributed by atoms with Gasteiger partial charge in [-0.15, -0.1) is 0 Å². The molecule has 6 heteroatoms. The molecule has 2 rings (SSSR count). The number of aromatic nitrogens is 2. The predicted octanol–water partition coefficient (Wildman–Crippen LogP) is 3.20. The molecule has 0 aliphatic rings. The number of hydrogen-bond donors (Lipinski definition) is 2. The van der Waals surface area contributed by atoms with Crippen molar-refractivity contribution in [3.05, 3.63) is 27.5 Å². The van der Waals surface area contributed by atoms with E-state index in [9.17, 15) is 5.11 Å². The third kappa shape index (κ3) is 2.95. The SMILES string of the molecule is CCOc1cc(-c2nc(C)c(I)c(NC)n2)ccc1O. The molecule has 0 bridgehead atoms. The zero-order chi connectivity index (χ0) is 14.7. The van der Waals surface area contributed by atoms with Crippen molar-refractivity contribution in [2.75, 3.05) is 19.0 Å². The lowest BCUT2D eigenvalue weighted by Gasteiger charge is -2.11. The van der Waals surface area contributed by atoms with Crippen LogP contribution in [0.25, 0.3) is 11.4 Å². The Kier molecular flexibility index (Phi) is 4.64. The summed E-state index contributed by atoms with van der Waals surface area (Å²) >= 11 is 2.21. The Labute approximate surface area is 131 Å². The minimum absolute atomic E-state index is 0.117. The number of nitrogens with one attached hydrogen (secondary N) is 1. The highest BCUT2D eigenvalue weighted by atomic mass is 127. The Morgan fingerprint density at radius 3 is 2.75 bits per heavy atom. The molecule has 0 aliphatic carbocycles. The second-order valence-electron chi connectivity index (χ2n) is 4.16. The Balaban J connectivity index is 2.51. The fourth-order valence-corrected chi connectivity index (χ4v) is 2.29. The Hall–Kier alpha value is -1.57. The van der Waals surface area contributed by atoms with E-state index in [-0.39, 0.29) is 5.75 Å². The first kappa shape index (κ1) is 14.8. The van der Waals surface area contributed by atoms with E-state index in [1.54, 1.807) is 18.2 Å². The Bertz CT molecular complexity index is 632. The van der Waals surface area contributed by atoms with Gasteiger partial charge in [-0.05, 0) is 54.6 Å². The van der Waals surface area contributed by atoms with Crippen LogP contribution < -0.4 is 10.1 Å². The molecule has 0 unspecified atom stereocenters. The van der Waals surface area contributed by atoms with Gasteiger partial charge in [-0.1, -0.05) is 0 Å². The van der Waals surface area contributed by atoms with Crippen molar-refractivity contribution in [1.29, 1.82) is 0 Å². The van der Waals surface area contributed by atoms with Crippen LogP contribution in [-0.2, 0) is 0 Å². The average molecular weight is 385 g/mol. The molecule has 5 nitrogen and oxygen atoms in total. The minimum atomic E-state index is 0.117. The summed E-state index contributed by atoms with van der Waals surface area (Å²) < 4.78 is 6.38. The molecule has 106 valence electrons. The van der Waals surface area contributed by atoms with Crippen LogP contribution >= 0.6 is 22.6 Å². The summed E-state index contributed by atoms with van der Waals surface area (Å²) in [5.74, 6) is 1.95. The van der Waals surface area contributed by atoms with Crippen molar-refractivity contribution < 1.29 is 9.84 Å². The van der Waals surface area contributed by atoms with Gasteiger partial charge in [-0.25, -0.2) is 9.97 Å². The lowest BCUT2D eigenvalue weighted by molar-refractivity contribution is 0.318. The van der Waals surface area contributed by atoms with Crippen LogP contribution in [0.3, 0.4) is 0 Å². The summed E-state index contributed by atoms with van der Waals surface area (Å²) in [6.07, 6.45) is 0. The van der Waals surface area contributed by atoms with Crippen LogP contribution in [-0.4, -0.2) is 28.7 Å². The molecule has 1 heterocycles. The number of aromatic hydroxyl groups is 1. The molecule has 0 saturated carbocycles.